The Kier molecular flexibility index (Phi) is 7.49. The van der Waals surface area contributed by atoms with Crippen LogP contribution in [0, 0.1) is 24.7 Å². The summed E-state index contributed by atoms with van der Waals surface area (Å²) in [6, 6.07) is 0. The Morgan fingerprint density at radius 2 is 1.19 bits per heavy atom. The summed E-state index contributed by atoms with van der Waals surface area (Å²) in [7, 11) is 8.42. The predicted octanol–water partition coefficient (Wildman–Crippen LogP) is -0.0264. The van der Waals surface area contributed by atoms with E-state index in [4.69, 9.17) is 31.8 Å². The molecule has 0 radical (unpaired) electrons. The Labute approximate surface area is 158 Å². The van der Waals surface area contributed by atoms with Crippen molar-refractivity contribution in [3.05, 3.63) is 0 Å². The van der Waals surface area contributed by atoms with Crippen LogP contribution in [0.25, 0.3) is 0 Å². The van der Waals surface area contributed by atoms with Crippen LogP contribution in [-0.4, -0.2) is 114 Å². The van der Waals surface area contributed by atoms with E-state index in [1.165, 1.54) is 0 Å². The first-order chi connectivity index (χ1) is 12.3. The van der Waals surface area contributed by atoms with Crippen LogP contribution >= 0.6 is 0 Å². The molecule has 2 aliphatic heterocycles. The highest BCUT2D eigenvalue weighted by atomic mass is 16.6. The minimum absolute atomic E-state index is 0.0342. The quantitative estimate of drug-likeness (QED) is 0.402. The molecule has 0 aliphatic carbocycles. The van der Waals surface area contributed by atoms with Gasteiger partial charge in [0.05, 0.1) is 54.6 Å². The van der Waals surface area contributed by atoms with Gasteiger partial charge in [0.1, 0.15) is 50.6 Å². The molecule has 4 atom stereocenters. The summed E-state index contributed by atoms with van der Waals surface area (Å²) in [4.78, 5) is 0. The van der Waals surface area contributed by atoms with E-state index in [1.54, 1.807) is 0 Å². The van der Waals surface area contributed by atoms with E-state index in [-0.39, 0.29) is 24.4 Å². The van der Waals surface area contributed by atoms with E-state index in [9.17, 15) is 0 Å². The lowest BCUT2D eigenvalue weighted by Gasteiger charge is -2.28. The van der Waals surface area contributed by atoms with Crippen molar-refractivity contribution >= 4 is 0 Å². The number of rotatable bonds is 10. The molecule has 0 aromatic rings. The molecule has 2 aliphatic rings. The molecule has 0 bridgehead atoms. The van der Waals surface area contributed by atoms with Crippen LogP contribution in [0.2, 0.25) is 0 Å². The van der Waals surface area contributed by atoms with Crippen molar-refractivity contribution in [3.8, 4) is 24.7 Å². The maximum atomic E-state index is 6.02. The van der Waals surface area contributed by atoms with Gasteiger partial charge < -0.3 is 27.9 Å². The van der Waals surface area contributed by atoms with Crippen molar-refractivity contribution in [3.63, 3.8) is 0 Å². The summed E-state index contributed by atoms with van der Waals surface area (Å²) in [5, 5.41) is 0. The van der Waals surface area contributed by atoms with Crippen molar-refractivity contribution in [2.24, 2.45) is 0 Å². The van der Waals surface area contributed by atoms with Gasteiger partial charge in [0, 0.05) is 0 Å². The minimum atomic E-state index is -0.0449. The zero-order chi connectivity index (χ0) is 19.2. The summed E-state index contributed by atoms with van der Waals surface area (Å²) >= 11 is 0. The molecule has 0 aromatic carbocycles. The van der Waals surface area contributed by atoms with Crippen molar-refractivity contribution in [1.29, 1.82) is 0 Å². The number of ether oxygens (including phenoxy) is 4. The van der Waals surface area contributed by atoms with Gasteiger partial charge in [-0.3, -0.25) is 0 Å². The van der Waals surface area contributed by atoms with Crippen molar-refractivity contribution in [1.82, 2.24) is 0 Å². The van der Waals surface area contributed by atoms with Gasteiger partial charge in [-0.25, -0.2) is 0 Å². The highest BCUT2D eigenvalue weighted by molar-refractivity contribution is 4.96. The summed E-state index contributed by atoms with van der Waals surface area (Å²) < 4.78 is 25.4. The minimum Gasteiger partial charge on any atom is -0.370 e. The first-order valence-electron chi connectivity index (χ1n) is 9.25. The van der Waals surface area contributed by atoms with Gasteiger partial charge in [-0.2, -0.15) is 0 Å². The fourth-order valence-corrected chi connectivity index (χ4v) is 3.27. The zero-order valence-corrected chi connectivity index (χ0v) is 16.6. The average molecular weight is 367 g/mol. The van der Waals surface area contributed by atoms with Gasteiger partial charge in [-0.15, -0.1) is 12.8 Å². The van der Waals surface area contributed by atoms with E-state index < -0.39 is 0 Å². The van der Waals surface area contributed by atoms with Crippen LogP contribution in [0.1, 0.15) is 0 Å². The maximum Gasteiger partial charge on any atom is 0.140 e. The smallest absolute Gasteiger partial charge is 0.140 e. The Bertz CT molecular complexity index is 487. The lowest BCUT2D eigenvalue weighted by molar-refractivity contribution is -0.883. The molecular formula is C20H34N2O4+2. The summed E-state index contributed by atoms with van der Waals surface area (Å²) in [5.41, 5.74) is 0. The topological polar surface area (TPSA) is 36.9 Å². The molecule has 2 saturated heterocycles. The van der Waals surface area contributed by atoms with Crippen LogP contribution in [0.5, 0.6) is 0 Å². The number of hydrogen-bond acceptors (Lipinski definition) is 4. The maximum absolute atomic E-state index is 6.02. The van der Waals surface area contributed by atoms with E-state index in [1.807, 2.05) is 0 Å². The highest BCUT2D eigenvalue weighted by Crippen LogP contribution is 2.30. The fourth-order valence-electron chi connectivity index (χ4n) is 3.27. The van der Waals surface area contributed by atoms with Crippen LogP contribution < -0.4 is 0 Å². The summed E-state index contributed by atoms with van der Waals surface area (Å²) in [5.74, 6) is 5.41. The molecule has 2 fully saturated rings. The molecule has 26 heavy (non-hydrogen) atoms. The lowest BCUT2D eigenvalue weighted by atomic mass is 10.1. The molecule has 0 saturated carbocycles. The Balaban J connectivity index is 1.72. The molecule has 0 N–H and O–H groups in total. The third kappa shape index (κ3) is 5.96. The van der Waals surface area contributed by atoms with Crippen LogP contribution in [0.3, 0.4) is 0 Å². The van der Waals surface area contributed by atoms with E-state index in [2.05, 4.69) is 40.0 Å². The number of fused-ring (bicyclic) bond motifs is 1. The van der Waals surface area contributed by atoms with Gasteiger partial charge in [-0.1, -0.05) is 0 Å². The van der Waals surface area contributed by atoms with Crippen LogP contribution in [0.15, 0.2) is 0 Å². The van der Waals surface area contributed by atoms with E-state index in [0.717, 1.165) is 22.1 Å². The van der Waals surface area contributed by atoms with Gasteiger partial charge in [-0.05, 0) is 11.8 Å². The first-order valence-corrected chi connectivity index (χ1v) is 9.25. The number of terminal acetylenes is 2. The number of quaternary nitrogens is 2. The standard InChI is InChI=1S/C20H34N2O4/c1-7-9-21(3,4)11-13-23-17-15-25-20-18(16-26-19(17)20)24-14-12-22(5,6)10-8-2/h1-2,17-20H,9-16H2,3-6H3/q+2/t17-,18+,19-,20-/m1/s1. The molecular weight excluding hydrogens is 332 g/mol. The highest BCUT2D eigenvalue weighted by Gasteiger charge is 2.49. The monoisotopic (exact) mass is 366 g/mol. The van der Waals surface area contributed by atoms with E-state index >= 15 is 0 Å². The zero-order valence-electron chi connectivity index (χ0n) is 16.6. The summed E-state index contributed by atoms with van der Waals surface area (Å²) in [6.07, 6.45) is 10.7. The normalized spacial score (nSPS) is 28.5. The molecule has 6 nitrogen and oxygen atoms in total. The second-order valence-corrected chi connectivity index (χ2v) is 8.46. The molecule has 0 spiro atoms. The second-order valence-electron chi connectivity index (χ2n) is 8.46. The van der Waals surface area contributed by atoms with Crippen molar-refractivity contribution < 1.29 is 27.9 Å². The third-order valence-corrected chi connectivity index (χ3v) is 5.06. The number of nitrogens with zero attached hydrogens (tertiary/aromatic N) is 2. The van der Waals surface area contributed by atoms with Gasteiger partial charge in [0.25, 0.3) is 0 Å². The lowest BCUT2D eigenvalue weighted by Crippen LogP contribution is -2.44. The summed E-state index contributed by atoms with van der Waals surface area (Å²) in [6.45, 7) is 5.49. The van der Waals surface area contributed by atoms with Crippen LogP contribution in [0.4, 0.5) is 0 Å². The number of hydrogen-bond donors (Lipinski definition) is 0. The largest absolute Gasteiger partial charge is 0.370 e. The van der Waals surface area contributed by atoms with Gasteiger partial charge in [0.15, 0.2) is 0 Å². The molecule has 146 valence electrons. The van der Waals surface area contributed by atoms with Gasteiger partial charge >= 0.3 is 0 Å². The molecule has 0 aromatic heterocycles. The second kappa shape index (κ2) is 9.19. The molecule has 0 amide bonds. The number of likely N-dealkylation sites (N-methyl/N-ethyl adjacent to an activating group) is 2. The molecule has 6 heteroatoms. The predicted molar refractivity (Wildman–Crippen MR) is 100 cm³/mol. The van der Waals surface area contributed by atoms with E-state index in [0.29, 0.717) is 39.5 Å². The Morgan fingerprint density at radius 3 is 1.54 bits per heavy atom. The third-order valence-electron chi connectivity index (χ3n) is 5.06. The van der Waals surface area contributed by atoms with Crippen molar-refractivity contribution in [2.75, 3.05) is 80.8 Å². The molecule has 0 unspecified atom stereocenters. The Hall–Kier alpha value is -1.12. The van der Waals surface area contributed by atoms with Crippen LogP contribution in [-0.2, 0) is 18.9 Å². The Morgan fingerprint density at radius 1 is 0.808 bits per heavy atom. The average Bonchev–Trinajstić information content (AvgIpc) is 3.10. The fraction of sp³-hybridized carbons (Fsp3) is 0.800. The molecule has 2 heterocycles. The SMILES string of the molecule is C#CC[N+](C)(C)CCO[C@H]1CO[C@H]2[C@@H]1OC[C@H]2OCC[N+](C)(C)CC#C. The van der Waals surface area contributed by atoms with Crippen molar-refractivity contribution in [2.45, 2.75) is 24.4 Å². The first kappa shape index (κ1) is 21.2. The molecule has 2 rings (SSSR count). The van der Waals surface area contributed by atoms with Gasteiger partial charge in [0.2, 0.25) is 0 Å².